The number of rotatable bonds is 7. The summed E-state index contributed by atoms with van der Waals surface area (Å²) in [5, 5.41) is 8.04. The van der Waals surface area contributed by atoms with Crippen LogP contribution in [0.2, 0.25) is 10.0 Å². The van der Waals surface area contributed by atoms with Gasteiger partial charge in [-0.1, -0.05) is 41.4 Å². The van der Waals surface area contributed by atoms with Gasteiger partial charge in [0, 0.05) is 30.3 Å². The fraction of sp³-hybridized carbons (Fsp3) is 0.250. The normalized spacial score (nSPS) is 10.4. The highest BCUT2D eigenvalue weighted by Crippen LogP contribution is 2.26. The lowest BCUT2D eigenvalue weighted by Gasteiger charge is -2.10. The van der Waals surface area contributed by atoms with E-state index < -0.39 is 0 Å². The molecule has 0 aliphatic carbocycles. The first-order valence-corrected chi connectivity index (χ1v) is 7.48. The lowest BCUT2D eigenvalue weighted by atomic mass is 10.2. The lowest BCUT2D eigenvalue weighted by molar-refractivity contribution is 0.415. The van der Waals surface area contributed by atoms with Crippen molar-refractivity contribution in [3.8, 4) is 5.75 Å². The van der Waals surface area contributed by atoms with Crippen LogP contribution in [0.3, 0.4) is 0 Å². The van der Waals surface area contributed by atoms with Gasteiger partial charge in [-0.3, -0.25) is 0 Å². The zero-order valence-corrected chi connectivity index (χ0v) is 13.3. The highest BCUT2D eigenvalue weighted by Gasteiger charge is 2.01. The Morgan fingerprint density at radius 1 is 1.00 bits per heavy atom. The SMILES string of the molecule is COc1ccc(NCCNCc2ccccc2Cl)cc1Cl. The van der Waals surface area contributed by atoms with Gasteiger partial charge in [-0.05, 0) is 29.8 Å². The molecule has 112 valence electrons. The first-order chi connectivity index (χ1) is 10.2. The monoisotopic (exact) mass is 324 g/mol. The summed E-state index contributed by atoms with van der Waals surface area (Å²) < 4.78 is 5.12. The number of benzene rings is 2. The minimum atomic E-state index is 0.603. The van der Waals surface area contributed by atoms with Crippen molar-refractivity contribution in [2.75, 3.05) is 25.5 Å². The van der Waals surface area contributed by atoms with Crippen molar-refractivity contribution in [2.45, 2.75) is 6.54 Å². The maximum atomic E-state index is 6.10. The Labute approximate surface area is 135 Å². The Kier molecular flexibility index (Phi) is 6.18. The van der Waals surface area contributed by atoms with Crippen molar-refractivity contribution >= 4 is 28.9 Å². The van der Waals surface area contributed by atoms with E-state index in [-0.39, 0.29) is 0 Å². The quantitative estimate of drug-likeness (QED) is 0.749. The average Bonchev–Trinajstić information content (AvgIpc) is 2.49. The van der Waals surface area contributed by atoms with Gasteiger partial charge in [0.05, 0.1) is 12.1 Å². The molecule has 2 aromatic carbocycles. The average molecular weight is 325 g/mol. The van der Waals surface area contributed by atoms with E-state index in [1.165, 1.54) is 0 Å². The Hall–Kier alpha value is -1.42. The van der Waals surface area contributed by atoms with Crippen LogP contribution in [0.15, 0.2) is 42.5 Å². The summed E-state index contributed by atoms with van der Waals surface area (Å²) in [4.78, 5) is 0. The van der Waals surface area contributed by atoms with Crippen molar-refractivity contribution in [3.63, 3.8) is 0 Å². The molecule has 0 saturated heterocycles. The standard InChI is InChI=1S/C16H18Cl2N2O/c1-21-16-7-6-13(10-15(16)18)20-9-8-19-11-12-4-2-3-5-14(12)17/h2-7,10,19-20H,8-9,11H2,1H3. The maximum Gasteiger partial charge on any atom is 0.137 e. The Morgan fingerprint density at radius 2 is 1.81 bits per heavy atom. The lowest BCUT2D eigenvalue weighted by Crippen LogP contribution is -2.21. The van der Waals surface area contributed by atoms with Gasteiger partial charge in [0.25, 0.3) is 0 Å². The molecular formula is C16H18Cl2N2O. The van der Waals surface area contributed by atoms with E-state index in [2.05, 4.69) is 10.6 Å². The maximum absolute atomic E-state index is 6.10. The molecule has 0 fully saturated rings. The molecule has 0 bridgehead atoms. The van der Waals surface area contributed by atoms with Crippen molar-refractivity contribution in [3.05, 3.63) is 58.1 Å². The summed E-state index contributed by atoms with van der Waals surface area (Å²) in [7, 11) is 1.60. The molecule has 2 rings (SSSR count). The molecule has 0 heterocycles. The summed E-state index contributed by atoms with van der Waals surface area (Å²) in [5.74, 6) is 0.680. The third kappa shape index (κ3) is 4.81. The summed E-state index contributed by atoms with van der Waals surface area (Å²) >= 11 is 12.2. The van der Waals surface area contributed by atoms with Crippen LogP contribution in [0.25, 0.3) is 0 Å². The number of halogens is 2. The van der Waals surface area contributed by atoms with Gasteiger partial charge in [-0.25, -0.2) is 0 Å². The van der Waals surface area contributed by atoms with Gasteiger partial charge in [0.15, 0.2) is 0 Å². The molecule has 0 spiro atoms. The van der Waals surface area contributed by atoms with Crippen LogP contribution in [0.1, 0.15) is 5.56 Å². The van der Waals surface area contributed by atoms with Crippen molar-refractivity contribution in [1.82, 2.24) is 5.32 Å². The van der Waals surface area contributed by atoms with Gasteiger partial charge >= 0.3 is 0 Å². The largest absolute Gasteiger partial charge is 0.495 e. The number of anilines is 1. The zero-order valence-electron chi connectivity index (χ0n) is 11.8. The smallest absolute Gasteiger partial charge is 0.137 e. The molecule has 0 radical (unpaired) electrons. The van der Waals surface area contributed by atoms with E-state index in [1.807, 2.05) is 42.5 Å². The number of methoxy groups -OCH3 is 1. The minimum Gasteiger partial charge on any atom is -0.495 e. The van der Waals surface area contributed by atoms with Crippen LogP contribution in [0, 0.1) is 0 Å². The van der Waals surface area contributed by atoms with E-state index in [1.54, 1.807) is 7.11 Å². The number of nitrogens with one attached hydrogen (secondary N) is 2. The first-order valence-electron chi connectivity index (χ1n) is 6.72. The summed E-state index contributed by atoms with van der Waals surface area (Å²) in [5.41, 5.74) is 2.08. The van der Waals surface area contributed by atoms with Crippen LogP contribution in [0.5, 0.6) is 5.75 Å². The predicted molar refractivity (Wildman–Crippen MR) is 89.7 cm³/mol. The van der Waals surface area contributed by atoms with Gasteiger partial charge < -0.3 is 15.4 Å². The highest BCUT2D eigenvalue weighted by molar-refractivity contribution is 6.32. The van der Waals surface area contributed by atoms with Crippen LogP contribution in [-0.2, 0) is 6.54 Å². The van der Waals surface area contributed by atoms with Crippen molar-refractivity contribution in [2.24, 2.45) is 0 Å². The predicted octanol–water partition coefficient (Wildman–Crippen LogP) is 4.20. The summed E-state index contributed by atoms with van der Waals surface area (Å²) in [6, 6.07) is 13.5. The molecular weight excluding hydrogens is 307 g/mol. The molecule has 5 heteroatoms. The molecule has 2 aromatic rings. The first kappa shape index (κ1) is 16.0. The van der Waals surface area contributed by atoms with E-state index in [0.717, 1.165) is 35.9 Å². The second kappa shape index (κ2) is 8.13. The number of hydrogen-bond acceptors (Lipinski definition) is 3. The second-order valence-electron chi connectivity index (χ2n) is 4.54. The Morgan fingerprint density at radius 3 is 2.52 bits per heavy atom. The Bertz CT molecular complexity index is 590. The molecule has 0 aliphatic heterocycles. The van der Waals surface area contributed by atoms with Gasteiger partial charge in [-0.15, -0.1) is 0 Å². The van der Waals surface area contributed by atoms with Gasteiger partial charge in [0.2, 0.25) is 0 Å². The van der Waals surface area contributed by atoms with Crippen LogP contribution < -0.4 is 15.4 Å². The van der Waals surface area contributed by atoms with Crippen molar-refractivity contribution < 1.29 is 4.74 Å². The topological polar surface area (TPSA) is 33.3 Å². The zero-order chi connectivity index (χ0) is 15.1. The fourth-order valence-electron chi connectivity index (χ4n) is 1.94. The third-order valence-corrected chi connectivity index (χ3v) is 3.72. The molecule has 0 amide bonds. The number of ether oxygens (including phenoxy) is 1. The van der Waals surface area contributed by atoms with Gasteiger partial charge in [0.1, 0.15) is 5.75 Å². The highest BCUT2D eigenvalue weighted by atomic mass is 35.5. The molecule has 2 N–H and O–H groups in total. The van der Waals surface area contributed by atoms with Crippen molar-refractivity contribution in [1.29, 1.82) is 0 Å². The number of hydrogen-bond donors (Lipinski definition) is 2. The van der Waals surface area contributed by atoms with E-state index in [0.29, 0.717) is 10.8 Å². The molecule has 0 unspecified atom stereocenters. The van der Waals surface area contributed by atoms with E-state index >= 15 is 0 Å². The minimum absolute atomic E-state index is 0.603. The van der Waals surface area contributed by atoms with E-state index in [9.17, 15) is 0 Å². The van der Waals surface area contributed by atoms with Gasteiger partial charge in [-0.2, -0.15) is 0 Å². The summed E-state index contributed by atoms with van der Waals surface area (Å²) in [6.07, 6.45) is 0. The van der Waals surface area contributed by atoms with Crippen LogP contribution >= 0.6 is 23.2 Å². The fourth-order valence-corrected chi connectivity index (χ4v) is 2.40. The molecule has 0 aliphatic rings. The molecule has 21 heavy (non-hydrogen) atoms. The Balaban J connectivity index is 1.73. The van der Waals surface area contributed by atoms with Crippen LogP contribution in [-0.4, -0.2) is 20.2 Å². The molecule has 0 atom stereocenters. The van der Waals surface area contributed by atoms with Crippen LogP contribution in [0.4, 0.5) is 5.69 Å². The molecule has 3 nitrogen and oxygen atoms in total. The molecule has 0 aromatic heterocycles. The molecule has 0 saturated carbocycles. The second-order valence-corrected chi connectivity index (χ2v) is 5.36. The third-order valence-electron chi connectivity index (χ3n) is 3.06. The van der Waals surface area contributed by atoms with E-state index in [4.69, 9.17) is 27.9 Å². The summed E-state index contributed by atoms with van der Waals surface area (Å²) in [6.45, 7) is 2.38.